The lowest BCUT2D eigenvalue weighted by molar-refractivity contribution is 0.901. The van der Waals surface area contributed by atoms with E-state index in [1.807, 2.05) is 42.2 Å². The zero-order valence-electron chi connectivity index (χ0n) is 16.1. The highest BCUT2D eigenvalue weighted by molar-refractivity contribution is 7.99. The molecule has 29 heavy (non-hydrogen) atoms. The van der Waals surface area contributed by atoms with Crippen LogP contribution in [0, 0.1) is 0 Å². The number of thioether (sulfide) groups is 2. The number of nitrogens with one attached hydrogen (secondary N) is 1. The van der Waals surface area contributed by atoms with Gasteiger partial charge in [0.25, 0.3) is 0 Å². The molecule has 2 aromatic carbocycles. The molecule has 0 aliphatic carbocycles. The van der Waals surface area contributed by atoms with Gasteiger partial charge in [-0.1, -0.05) is 78.5 Å². The van der Waals surface area contributed by atoms with Crippen LogP contribution in [0.25, 0.3) is 22.5 Å². The third-order valence-corrected chi connectivity index (χ3v) is 6.45. The van der Waals surface area contributed by atoms with Gasteiger partial charge in [0.2, 0.25) is 0 Å². The lowest BCUT2D eigenvalue weighted by atomic mass is 10.1. The average molecular weight is 418 g/mol. The number of imidazole rings is 1. The molecule has 0 spiro atoms. The number of hydrogen-bond donors (Lipinski definition) is 1. The monoisotopic (exact) mass is 417 g/mol. The molecule has 1 N–H and O–H groups in total. The fourth-order valence-corrected chi connectivity index (χ4v) is 4.76. The van der Waals surface area contributed by atoms with Crippen molar-refractivity contribution in [3.05, 3.63) is 85.1 Å². The van der Waals surface area contributed by atoms with Gasteiger partial charge in [-0.15, -0.1) is 11.8 Å². The van der Waals surface area contributed by atoms with E-state index in [9.17, 15) is 0 Å². The highest BCUT2D eigenvalue weighted by atomic mass is 32.2. The van der Waals surface area contributed by atoms with Crippen molar-refractivity contribution in [2.45, 2.75) is 23.0 Å². The van der Waals surface area contributed by atoms with Crippen LogP contribution in [0.15, 0.2) is 95.2 Å². The van der Waals surface area contributed by atoms with Gasteiger partial charge in [0, 0.05) is 23.1 Å². The molecular formula is C24H23N3S2. The van der Waals surface area contributed by atoms with Gasteiger partial charge in [-0.2, -0.15) is 0 Å². The molecule has 0 saturated heterocycles. The molecular weight excluding hydrogens is 394 g/mol. The summed E-state index contributed by atoms with van der Waals surface area (Å²) in [5, 5.41) is 2.09. The number of nitrogens with zero attached hydrogens (tertiary/aromatic N) is 2. The van der Waals surface area contributed by atoms with E-state index in [2.05, 4.69) is 64.6 Å². The summed E-state index contributed by atoms with van der Waals surface area (Å²) in [5.74, 6) is 2.15. The molecule has 146 valence electrons. The lowest BCUT2D eigenvalue weighted by Gasteiger charge is -2.02. The largest absolute Gasteiger partial charge is 0.332 e. The van der Waals surface area contributed by atoms with Crippen LogP contribution in [0.4, 0.5) is 0 Å². The number of unbranched alkanes of at least 4 members (excludes halogenated alkanes) is 1. The third-order valence-electron chi connectivity index (χ3n) is 4.46. The maximum absolute atomic E-state index is 4.91. The Labute approximate surface area is 180 Å². The molecule has 0 saturated carbocycles. The van der Waals surface area contributed by atoms with Gasteiger partial charge < -0.3 is 4.98 Å². The Hall–Kier alpha value is -2.50. The first-order valence-corrected chi connectivity index (χ1v) is 11.7. The molecule has 0 unspecified atom stereocenters. The van der Waals surface area contributed by atoms with Crippen LogP contribution in [0.2, 0.25) is 0 Å². The van der Waals surface area contributed by atoms with Crippen LogP contribution >= 0.6 is 23.5 Å². The highest BCUT2D eigenvalue weighted by Crippen LogP contribution is 2.32. The molecule has 3 nitrogen and oxygen atoms in total. The van der Waals surface area contributed by atoms with Crippen LogP contribution < -0.4 is 0 Å². The first-order valence-electron chi connectivity index (χ1n) is 9.77. The lowest BCUT2D eigenvalue weighted by Crippen LogP contribution is -1.86. The molecule has 4 aromatic rings. The fourth-order valence-electron chi connectivity index (χ4n) is 3.02. The second kappa shape index (κ2) is 10.3. The van der Waals surface area contributed by atoms with Crippen LogP contribution in [-0.2, 0) is 0 Å². The van der Waals surface area contributed by atoms with Gasteiger partial charge in [0.05, 0.1) is 16.4 Å². The molecule has 2 aromatic heterocycles. The number of hydrogen-bond acceptors (Lipinski definition) is 4. The first-order chi connectivity index (χ1) is 14.4. The van der Waals surface area contributed by atoms with E-state index in [1.165, 1.54) is 6.42 Å². The van der Waals surface area contributed by atoms with Gasteiger partial charge >= 0.3 is 0 Å². The Kier molecular flexibility index (Phi) is 7.05. The Morgan fingerprint density at radius 1 is 0.690 bits per heavy atom. The zero-order chi connectivity index (χ0) is 19.7. The Balaban J connectivity index is 1.37. The maximum atomic E-state index is 4.91. The normalized spacial score (nSPS) is 10.9. The molecule has 0 aliphatic rings. The van der Waals surface area contributed by atoms with Crippen molar-refractivity contribution in [3.63, 3.8) is 0 Å². The van der Waals surface area contributed by atoms with E-state index in [-0.39, 0.29) is 0 Å². The molecule has 4 rings (SSSR count). The van der Waals surface area contributed by atoms with E-state index in [1.54, 1.807) is 11.8 Å². The predicted octanol–water partition coefficient (Wildman–Crippen LogP) is 6.80. The minimum atomic E-state index is 0.986. The Morgan fingerprint density at radius 2 is 1.34 bits per heavy atom. The number of pyridine rings is 1. The van der Waals surface area contributed by atoms with Gasteiger partial charge in [-0.25, -0.2) is 9.97 Å². The minimum absolute atomic E-state index is 0.986. The second-order valence-electron chi connectivity index (χ2n) is 6.57. The third kappa shape index (κ3) is 5.52. The smallest absolute Gasteiger partial charge is 0.166 e. The second-order valence-corrected chi connectivity index (χ2v) is 8.77. The van der Waals surface area contributed by atoms with Gasteiger partial charge in [0.1, 0.15) is 0 Å². The van der Waals surface area contributed by atoms with Crippen LogP contribution in [0.3, 0.4) is 0 Å². The van der Waals surface area contributed by atoms with Crippen molar-refractivity contribution < 1.29 is 0 Å². The predicted molar refractivity (Wildman–Crippen MR) is 124 cm³/mol. The fraction of sp³-hybridized carbons (Fsp3) is 0.167. The van der Waals surface area contributed by atoms with Crippen LogP contribution in [0.1, 0.15) is 12.8 Å². The summed E-state index contributed by atoms with van der Waals surface area (Å²) in [7, 11) is 0. The standard InChI is InChI=1S/C24H23N3S2/c1-3-11-19(12-4-1)22-23(20-13-5-2-6-14-20)27-24(26-22)29-18-10-9-17-28-21-15-7-8-16-25-21/h1-8,11-16H,9-10,17-18H2,(H,26,27). The summed E-state index contributed by atoms with van der Waals surface area (Å²) in [6.07, 6.45) is 4.18. The Bertz CT molecular complexity index is 945. The molecule has 0 fully saturated rings. The minimum Gasteiger partial charge on any atom is -0.332 e. The molecule has 0 amide bonds. The SMILES string of the molecule is c1ccc(-c2nc(SCCCCSc3ccccn3)[nH]c2-c2ccccc2)cc1. The zero-order valence-corrected chi connectivity index (χ0v) is 17.8. The van der Waals surface area contributed by atoms with Gasteiger partial charge in [-0.3, -0.25) is 0 Å². The van der Waals surface area contributed by atoms with Crippen molar-refractivity contribution >= 4 is 23.5 Å². The average Bonchev–Trinajstić information content (AvgIpc) is 3.22. The highest BCUT2D eigenvalue weighted by Gasteiger charge is 2.14. The quantitative estimate of drug-likeness (QED) is 0.240. The maximum Gasteiger partial charge on any atom is 0.166 e. The van der Waals surface area contributed by atoms with E-state index < -0.39 is 0 Å². The molecule has 0 atom stereocenters. The summed E-state index contributed by atoms with van der Waals surface area (Å²) in [6, 6.07) is 26.9. The van der Waals surface area contributed by atoms with E-state index in [0.29, 0.717) is 0 Å². The van der Waals surface area contributed by atoms with E-state index in [4.69, 9.17) is 4.98 Å². The molecule has 2 heterocycles. The summed E-state index contributed by atoms with van der Waals surface area (Å²) >= 11 is 3.62. The van der Waals surface area contributed by atoms with Crippen molar-refractivity contribution in [1.82, 2.24) is 15.0 Å². The Morgan fingerprint density at radius 3 is 2.03 bits per heavy atom. The van der Waals surface area contributed by atoms with E-state index in [0.717, 1.165) is 50.6 Å². The van der Waals surface area contributed by atoms with Crippen molar-refractivity contribution in [2.24, 2.45) is 0 Å². The summed E-state index contributed by atoms with van der Waals surface area (Å²) in [5.41, 5.74) is 4.41. The summed E-state index contributed by atoms with van der Waals surface area (Å²) in [6.45, 7) is 0. The van der Waals surface area contributed by atoms with Gasteiger partial charge in [-0.05, 0) is 30.7 Å². The van der Waals surface area contributed by atoms with Crippen molar-refractivity contribution in [3.8, 4) is 22.5 Å². The summed E-state index contributed by atoms with van der Waals surface area (Å²) in [4.78, 5) is 12.8. The summed E-state index contributed by atoms with van der Waals surface area (Å²) < 4.78 is 0. The van der Waals surface area contributed by atoms with Crippen LogP contribution in [0.5, 0.6) is 0 Å². The number of H-pyrrole nitrogens is 1. The molecule has 0 bridgehead atoms. The topological polar surface area (TPSA) is 41.6 Å². The number of aromatic nitrogens is 3. The number of rotatable bonds is 9. The molecule has 0 aliphatic heterocycles. The van der Waals surface area contributed by atoms with Crippen molar-refractivity contribution in [2.75, 3.05) is 11.5 Å². The van der Waals surface area contributed by atoms with Crippen molar-refractivity contribution in [1.29, 1.82) is 0 Å². The van der Waals surface area contributed by atoms with E-state index >= 15 is 0 Å². The molecule has 5 heteroatoms. The first kappa shape index (κ1) is 19.8. The van der Waals surface area contributed by atoms with Crippen LogP contribution in [-0.4, -0.2) is 26.5 Å². The number of aromatic amines is 1. The number of benzene rings is 2. The molecule has 0 radical (unpaired) electrons. The van der Waals surface area contributed by atoms with Gasteiger partial charge in [0.15, 0.2) is 5.16 Å².